The van der Waals surface area contributed by atoms with Crippen LogP contribution in [-0.4, -0.2) is 42.1 Å². The van der Waals surface area contributed by atoms with Crippen LogP contribution in [0.5, 0.6) is 5.75 Å². The van der Waals surface area contributed by atoms with Gasteiger partial charge in [-0.15, -0.1) is 11.8 Å². The molecular formula is C19H22N2O4S2. The summed E-state index contributed by atoms with van der Waals surface area (Å²) in [5.74, 6) is -0.476. The van der Waals surface area contributed by atoms with Crippen LogP contribution in [0.2, 0.25) is 0 Å². The van der Waals surface area contributed by atoms with Crippen molar-refractivity contribution < 1.29 is 18.3 Å². The van der Waals surface area contributed by atoms with E-state index in [2.05, 4.69) is 5.32 Å². The van der Waals surface area contributed by atoms with Gasteiger partial charge in [0.05, 0.1) is 15.8 Å². The van der Waals surface area contributed by atoms with E-state index in [1.807, 2.05) is 30.3 Å². The van der Waals surface area contributed by atoms with Gasteiger partial charge in [0, 0.05) is 18.0 Å². The highest BCUT2D eigenvalue weighted by molar-refractivity contribution is 8.00. The first-order chi connectivity index (χ1) is 12.9. The van der Waals surface area contributed by atoms with E-state index >= 15 is 0 Å². The maximum Gasteiger partial charge on any atom is 0.243 e. The van der Waals surface area contributed by atoms with Crippen LogP contribution < -0.4 is 5.32 Å². The number of thioether (sulfide) groups is 1. The third-order valence-electron chi connectivity index (χ3n) is 4.35. The number of phenolic OH excluding ortho intramolecular Hbond substituents is 1. The summed E-state index contributed by atoms with van der Waals surface area (Å²) in [7, 11) is -3.62. The van der Waals surface area contributed by atoms with Gasteiger partial charge in [0.2, 0.25) is 15.9 Å². The largest absolute Gasteiger partial charge is 0.506 e. The van der Waals surface area contributed by atoms with Gasteiger partial charge in [0.25, 0.3) is 0 Å². The summed E-state index contributed by atoms with van der Waals surface area (Å²) in [5.41, 5.74) is 0.0979. The third kappa shape index (κ3) is 4.63. The van der Waals surface area contributed by atoms with Gasteiger partial charge < -0.3 is 10.4 Å². The van der Waals surface area contributed by atoms with Gasteiger partial charge in [-0.25, -0.2) is 8.42 Å². The van der Waals surface area contributed by atoms with Crippen molar-refractivity contribution in [2.45, 2.75) is 34.8 Å². The summed E-state index contributed by atoms with van der Waals surface area (Å²) in [6, 6.07) is 13.5. The molecule has 1 saturated heterocycles. The fourth-order valence-electron chi connectivity index (χ4n) is 2.84. The van der Waals surface area contributed by atoms with E-state index in [0.717, 1.165) is 17.7 Å². The minimum absolute atomic E-state index is 0.0702. The Morgan fingerprint density at radius 1 is 1.15 bits per heavy atom. The molecule has 1 atom stereocenters. The van der Waals surface area contributed by atoms with Gasteiger partial charge in [-0.05, 0) is 50.1 Å². The summed E-state index contributed by atoms with van der Waals surface area (Å²) in [5, 5.41) is 12.3. The van der Waals surface area contributed by atoms with Crippen LogP contribution >= 0.6 is 11.8 Å². The Kier molecular flexibility index (Phi) is 6.08. The maximum absolute atomic E-state index is 12.7. The first-order valence-corrected chi connectivity index (χ1v) is 11.1. The smallest absolute Gasteiger partial charge is 0.243 e. The van der Waals surface area contributed by atoms with Crippen molar-refractivity contribution in [1.29, 1.82) is 0 Å². The number of amides is 1. The van der Waals surface area contributed by atoms with Crippen LogP contribution in [0.1, 0.15) is 19.8 Å². The number of anilines is 1. The lowest BCUT2D eigenvalue weighted by molar-refractivity contribution is -0.115. The molecule has 2 aromatic carbocycles. The van der Waals surface area contributed by atoms with Gasteiger partial charge in [0.1, 0.15) is 5.75 Å². The van der Waals surface area contributed by atoms with Crippen LogP contribution in [0.15, 0.2) is 58.3 Å². The number of hydrogen-bond acceptors (Lipinski definition) is 5. The zero-order chi connectivity index (χ0) is 19.4. The first kappa shape index (κ1) is 19.7. The van der Waals surface area contributed by atoms with Crippen LogP contribution in [0.4, 0.5) is 5.69 Å². The standard InChI is InChI=1S/C19H22N2O4S2/c1-14(26-15-7-3-2-4-8-15)19(23)20-17-13-16(9-10-18(17)22)27(24,25)21-11-5-6-12-21/h2-4,7-10,13-14,22H,5-6,11-12H2,1H3,(H,20,23). The second-order valence-electron chi connectivity index (χ2n) is 6.35. The summed E-state index contributed by atoms with van der Waals surface area (Å²) < 4.78 is 26.8. The molecule has 1 aliphatic rings. The van der Waals surface area contributed by atoms with Gasteiger partial charge in [-0.3, -0.25) is 4.79 Å². The van der Waals surface area contributed by atoms with Crippen LogP contribution in [0.25, 0.3) is 0 Å². The van der Waals surface area contributed by atoms with E-state index in [0.29, 0.717) is 13.1 Å². The van der Waals surface area contributed by atoms with Crippen molar-refractivity contribution in [1.82, 2.24) is 4.31 Å². The van der Waals surface area contributed by atoms with Crippen LogP contribution in [0.3, 0.4) is 0 Å². The number of nitrogens with zero attached hydrogens (tertiary/aromatic N) is 1. The van der Waals surface area contributed by atoms with E-state index in [1.165, 1.54) is 34.3 Å². The quantitative estimate of drug-likeness (QED) is 0.568. The summed E-state index contributed by atoms with van der Waals surface area (Å²) in [6.45, 7) is 2.75. The van der Waals surface area contributed by atoms with Crippen molar-refractivity contribution >= 4 is 33.4 Å². The van der Waals surface area contributed by atoms with E-state index < -0.39 is 15.3 Å². The highest BCUT2D eigenvalue weighted by Gasteiger charge is 2.28. The molecule has 3 rings (SSSR count). The predicted octanol–water partition coefficient (Wildman–Crippen LogP) is 3.30. The highest BCUT2D eigenvalue weighted by atomic mass is 32.2. The summed E-state index contributed by atoms with van der Waals surface area (Å²) in [6.07, 6.45) is 1.68. The molecule has 0 spiro atoms. The van der Waals surface area contributed by atoms with E-state index in [1.54, 1.807) is 6.92 Å². The lowest BCUT2D eigenvalue weighted by atomic mass is 10.3. The van der Waals surface area contributed by atoms with Crippen molar-refractivity contribution in [2.24, 2.45) is 0 Å². The van der Waals surface area contributed by atoms with Crippen molar-refractivity contribution in [2.75, 3.05) is 18.4 Å². The number of benzene rings is 2. The first-order valence-electron chi connectivity index (χ1n) is 8.73. The number of carbonyl (C=O) groups is 1. The molecule has 144 valence electrons. The minimum Gasteiger partial charge on any atom is -0.506 e. The Bertz CT molecular complexity index is 911. The zero-order valence-electron chi connectivity index (χ0n) is 15.0. The highest BCUT2D eigenvalue weighted by Crippen LogP contribution is 2.30. The fourth-order valence-corrected chi connectivity index (χ4v) is 5.28. The molecule has 1 heterocycles. The Morgan fingerprint density at radius 2 is 1.81 bits per heavy atom. The zero-order valence-corrected chi connectivity index (χ0v) is 16.6. The average molecular weight is 407 g/mol. The normalized spacial score (nSPS) is 16.2. The molecule has 0 bridgehead atoms. The molecule has 0 aromatic heterocycles. The molecule has 0 aliphatic carbocycles. The van der Waals surface area contributed by atoms with E-state index in [4.69, 9.17) is 0 Å². The van der Waals surface area contributed by atoms with Crippen molar-refractivity contribution in [3.63, 3.8) is 0 Å². The topological polar surface area (TPSA) is 86.7 Å². The maximum atomic E-state index is 12.7. The van der Waals surface area contributed by atoms with Gasteiger partial charge in [-0.1, -0.05) is 18.2 Å². The molecular weight excluding hydrogens is 384 g/mol. The number of aromatic hydroxyl groups is 1. The molecule has 2 aromatic rings. The predicted molar refractivity (Wildman–Crippen MR) is 106 cm³/mol. The molecule has 1 fully saturated rings. The molecule has 2 N–H and O–H groups in total. The molecule has 0 radical (unpaired) electrons. The molecule has 1 unspecified atom stereocenters. The number of nitrogens with one attached hydrogen (secondary N) is 1. The molecule has 1 amide bonds. The minimum atomic E-state index is -3.62. The number of sulfonamides is 1. The second kappa shape index (κ2) is 8.33. The fraction of sp³-hybridized carbons (Fsp3) is 0.316. The number of hydrogen-bond donors (Lipinski definition) is 2. The second-order valence-corrected chi connectivity index (χ2v) is 9.70. The van der Waals surface area contributed by atoms with E-state index in [9.17, 15) is 18.3 Å². The Hall–Kier alpha value is -2.03. The molecule has 1 aliphatic heterocycles. The molecule has 27 heavy (non-hydrogen) atoms. The van der Waals surface area contributed by atoms with Crippen LogP contribution in [-0.2, 0) is 14.8 Å². The summed E-state index contributed by atoms with van der Waals surface area (Å²) >= 11 is 1.39. The molecule has 0 saturated carbocycles. The SMILES string of the molecule is CC(Sc1ccccc1)C(=O)Nc1cc(S(=O)(=O)N2CCCC2)ccc1O. The summed E-state index contributed by atoms with van der Waals surface area (Å²) in [4.78, 5) is 13.5. The monoisotopic (exact) mass is 406 g/mol. The molecule has 6 nitrogen and oxygen atoms in total. The number of rotatable bonds is 6. The average Bonchev–Trinajstić information content (AvgIpc) is 3.19. The van der Waals surface area contributed by atoms with E-state index in [-0.39, 0.29) is 22.2 Å². The van der Waals surface area contributed by atoms with Gasteiger partial charge >= 0.3 is 0 Å². The van der Waals surface area contributed by atoms with Crippen LogP contribution in [0, 0.1) is 0 Å². The van der Waals surface area contributed by atoms with Gasteiger partial charge in [0.15, 0.2) is 0 Å². The van der Waals surface area contributed by atoms with Crippen molar-refractivity contribution in [3.05, 3.63) is 48.5 Å². The lowest BCUT2D eigenvalue weighted by Crippen LogP contribution is -2.28. The Morgan fingerprint density at radius 3 is 2.48 bits per heavy atom. The Balaban J connectivity index is 1.75. The number of phenols is 1. The number of carbonyl (C=O) groups excluding carboxylic acids is 1. The van der Waals surface area contributed by atoms with Gasteiger partial charge in [-0.2, -0.15) is 4.31 Å². The molecule has 8 heteroatoms. The van der Waals surface area contributed by atoms with Crippen molar-refractivity contribution in [3.8, 4) is 5.75 Å². The lowest BCUT2D eigenvalue weighted by Gasteiger charge is -2.17. The Labute approximate surface area is 163 Å². The third-order valence-corrected chi connectivity index (χ3v) is 7.36.